The Labute approximate surface area is 169 Å². The summed E-state index contributed by atoms with van der Waals surface area (Å²) in [6, 6.07) is 3.53. The second-order valence-electron chi connectivity index (χ2n) is 7.80. The van der Waals surface area contributed by atoms with Crippen LogP contribution in [0.3, 0.4) is 0 Å². The molecule has 0 aromatic heterocycles. The molecule has 1 aliphatic rings. The highest BCUT2D eigenvalue weighted by molar-refractivity contribution is 6.12. The molecule has 0 fully saturated rings. The summed E-state index contributed by atoms with van der Waals surface area (Å²) in [6.45, 7) is 8.50. The minimum absolute atomic E-state index is 0.174. The molecule has 1 heterocycles. The van der Waals surface area contributed by atoms with Crippen molar-refractivity contribution < 1.29 is 24.3 Å². The highest BCUT2D eigenvalue weighted by Gasteiger charge is 2.40. The lowest BCUT2D eigenvalue weighted by Crippen LogP contribution is -2.61. The van der Waals surface area contributed by atoms with E-state index in [2.05, 4.69) is 16.0 Å². The summed E-state index contributed by atoms with van der Waals surface area (Å²) in [6.07, 6.45) is 0. The topological polar surface area (TPSA) is 128 Å². The molecule has 9 nitrogen and oxygen atoms in total. The first-order chi connectivity index (χ1) is 13.5. The van der Waals surface area contributed by atoms with E-state index < -0.39 is 36.0 Å². The molecule has 3 unspecified atom stereocenters. The Morgan fingerprint density at radius 3 is 2.24 bits per heavy atom. The van der Waals surface area contributed by atoms with Crippen LogP contribution in [0.2, 0.25) is 0 Å². The number of carbonyl (C=O) groups excluding carboxylic acids is 3. The quantitative estimate of drug-likeness (QED) is 0.575. The van der Waals surface area contributed by atoms with Crippen LogP contribution in [0.5, 0.6) is 0 Å². The molecule has 0 saturated carbocycles. The van der Waals surface area contributed by atoms with Gasteiger partial charge in [0.1, 0.15) is 18.1 Å². The zero-order valence-corrected chi connectivity index (χ0v) is 17.2. The largest absolute Gasteiger partial charge is 0.480 e. The lowest BCUT2D eigenvalue weighted by molar-refractivity contribution is -0.141. The van der Waals surface area contributed by atoms with Crippen LogP contribution in [-0.4, -0.2) is 47.0 Å². The van der Waals surface area contributed by atoms with Gasteiger partial charge in [0.2, 0.25) is 11.8 Å². The van der Waals surface area contributed by atoms with Crippen molar-refractivity contribution in [3.8, 4) is 0 Å². The fourth-order valence-corrected chi connectivity index (χ4v) is 3.20. The lowest BCUT2D eigenvalue weighted by atomic mass is 9.97. The summed E-state index contributed by atoms with van der Waals surface area (Å²) in [5.41, 5.74) is 1.04. The van der Waals surface area contributed by atoms with E-state index >= 15 is 0 Å². The number of benzene rings is 1. The smallest absolute Gasteiger partial charge is 0.325 e. The molecule has 29 heavy (non-hydrogen) atoms. The molecular formula is C20H28N4O5. The predicted molar refractivity (Wildman–Crippen MR) is 109 cm³/mol. The van der Waals surface area contributed by atoms with Gasteiger partial charge in [-0.1, -0.05) is 39.8 Å². The van der Waals surface area contributed by atoms with E-state index in [-0.39, 0.29) is 17.7 Å². The number of hydrogen-bond donors (Lipinski definition) is 4. The third-order valence-corrected chi connectivity index (χ3v) is 4.78. The number of carboxylic acid groups (broad SMARTS) is 1. The van der Waals surface area contributed by atoms with Gasteiger partial charge in [0.15, 0.2) is 0 Å². The highest BCUT2D eigenvalue weighted by atomic mass is 16.4. The van der Waals surface area contributed by atoms with Crippen molar-refractivity contribution in [2.75, 3.05) is 10.2 Å². The molecule has 0 saturated heterocycles. The van der Waals surface area contributed by atoms with E-state index in [0.717, 1.165) is 0 Å². The lowest BCUT2D eigenvalue weighted by Gasteiger charge is -2.39. The SMILES string of the molecule is CC(NC(=O)C(NC(=O)N1c2ccccc2NC(=O)C1C(C)C)C(C)C)C(=O)O. The maximum Gasteiger partial charge on any atom is 0.325 e. The summed E-state index contributed by atoms with van der Waals surface area (Å²) in [7, 11) is 0. The Kier molecular flexibility index (Phi) is 6.84. The Balaban J connectivity index is 2.32. The van der Waals surface area contributed by atoms with Crippen LogP contribution < -0.4 is 20.9 Å². The third kappa shape index (κ3) is 4.85. The summed E-state index contributed by atoms with van der Waals surface area (Å²) >= 11 is 0. The number of carbonyl (C=O) groups is 4. The average molecular weight is 404 g/mol. The fourth-order valence-electron chi connectivity index (χ4n) is 3.20. The second kappa shape index (κ2) is 8.93. The first kappa shape index (κ1) is 22.2. The van der Waals surface area contributed by atoms with Crippen molar-refractivity contribution in [3.05, 3.63) is 24.3 Å². The number of para-hydroxylation sites is 2. The monoisotopic (exact) mass is 404 g/mol. The zero-order valence-electron chi connectivity index (χ0n) is 17.2. The van der Waals surface area contributed by atoms with Gasteiger partial charge < -0.3 is 21.1 Å². The standard InChI is InChI=1S/C20H28N4O5/c1-10(2)15(17(25)21-12(5)19(27)28)23-20(29)24-14-9-7-6-8-13(14)22-18(26)16(24)11(3)4/h6-12,15-16H,1-5H3,(H,21,25)(H,22,26)(H,23,29)(H,27,28). The Morgan fingerprint density at radius 2 is 1.69 bits per heavy atom. The molecule has 1 aliphatic heterocycles. The van der Waals surface area contributed by atoms with Crippen LogP contribution in [0.1, 0.15) is 34.6 Å². The van der Waals surface area contributed by atoms with Gasteiger partial charge in [-0.3, -0.25) is 19.3 Å². The third-order valence-electron chi connectivity index (χ3n) is 4.78. The van der Waals surface area contributed by atoms with Crippen LogP contribution >= 0.6 is 0 Å². The molecule has 1 aromatic rings. The second-order valence-corrected chi connectivity index (χ2v) is 7.80. The van der Waals surface area contributed by atoms with Gasteiger partial charge >= 0.3 is 12.0 Å². The number of urea groups is 1. The number of amides is 4. The molecule has 0 bridgehead atoms. The van der Waals surface area contributed by atoms with E-state index in [4.69, 9.17) is 5.11 Å². The molecule has 3 atom stereocenters. The van der Waals surface area contributed by atoms with Gasteiger partial charge in [0, 0.05) is 0 Å². The Hall–Kier alpha value is -3.10. The molecule has 2 rings (SSSR count). The number of anilines is 2. The van der Waals surface area contributed by atoms with E-state index in [9.17, 15) is 19.2 Å². The molecule has 4 amide bonds. The van der Waals surface area contributed by atoms with Crippen LogP contribution in [0, 0.1) is 11.8 Å². The average Bonchev–Trinajstić information content (AvgIpc) is 2.63. The number of nitrogens with zero attached hydrogens (tertiary/aromatic N) is 1. The summed E-state index contributed by atoms with van der Waals surface area (Å²) in [5.74, 6) is -2.55. The number of carboxylic acids is 1. The van der Waals surface area contributed by atoms with Crippen molar-refractivity contribution >= 4 is 35.2 Å². The van der Waals surface area contributed by atoms with E-state index in [1.807, 2.05) is 13.8 Å². The zero-order chi connectivity index (χ0) is 21.9. The van der Waals surface area contributed by atoms with Gasteiger partial charge in [-0.15, -0.1) is 0 Å². The van der Waals surface area contributed by atoms with Crippen LogP contribution in [0.4, 0.5) is 16.2 Å². The van der Waals surface area contributed by atoms with E-state index in [1.54, 1.807) is 38.1 Å². The number of fused-ring (bicyclic) bond motifs is 1. The normalized spacial score (nSPS) is 18.0. The summed E-state index contributed by atoms with van der Waals surface area (Å²) < 4.78 is 0. The van der Waals surface area contributed by atoms with Crippen LogP contribution in [0.15, 0.2) is 24.3 Å². The van der Waals surface area contributed by atoms with E-state index in [1.165, 1.54) is 11.8 Å². The molecule has 9 heteroatoms. The first-order valence-corrected chi connectivity index (χ1v) is 9.57. The number of nitrogens with one attached hydrogen (secondary N) is 3. The van der Waals surface area contributed by atoms with Gasteiger partial charge in [0.05, 0.1) is 11.4 Å². The molecule has 0 radical (unpaired) electrons. The van der Waals surface area contributed by atoms with Gasteiger partial charge in [-0.05, 0) is 30.9 Å². The molecule has 1 aromatic carbocycles. The minimum atomic E-state index is -1.17. The van der Waals surface area contributed by atoms with Crippen LogP contribution in [0.25, 0.3) is 0 Å². The fraction of sp³-hybridized carbons (Fsp3) is 0.500. The minimum Gasteiger partial charge on any atom is -0.480 e. The first-order valence-electron chi connectivity index (χ1n) is 9.57. The Morgan fingerprint density at radius 1 is 1.07 bits per heavy atom. The van der Waals surface area contributed by atoms with Crippen LogP contribution in [-0.2, 0) is 14.4 Å². The number of hydrogen-bond acceptors (Lipinski definition) is 4. The number of rotatable bonds is 6. The molecule has 0 aliphatic carbocycles. The molecule has 0 spiro atoms. The Bertz CT molecular complexity index is 808. The van der Waals surface area contributed by atoms with Gasteiger partial charge in [0.25, 0.3) is 0 Å². The van der Waals surface area contributed by atoms with Crippen molar-refractivity contribution in [2.45, 2.75) is 52.7 Å². The summed E-state index contributed by atoms with van der Waals surface area (Å²) in [5, 5.41) is 16.9. The number of aliphatic carboxylic acids is 1. The van der Waals surface area contributed by atoms with Gasteiger partial charge in [-0.2, -0.15) is 0 Å². The maximum absolute atomic E-state index is 13.2. The van der Waals surface area contributed by atoms with Crippen molar-refractivity contribution in [3.63, 3.8) is 0 Å². The van der Waals surface area contributed by atoms with Crippen molar-refractivity contribution in [1.29, 1.82) is 0 Å². The van der Waals surface area contributed by atoms with Crippen molar-refractivity contribution in [1.82, 2.24) is 10.6 Å². The van der Waals surface area contributed by atoms with E-state index in [0.29, 0.717) is 11.4 Å². The maximum atomic E-state index is 13.2. The molecule has 4 N–H and O–H groups in total. The molecule has 158 valence electrons. The van der Waals surface area contributed by atoms with Crippen molar-refractivity contribution in [2.24, 2.45) is 11.8 Å². The molecular weight excluding hydrogens is 376 g/mol. The summed E-state index contributed by atoms with van der Waals surface area (Å²) in [4.78, 5) is 50.8. The highest BCUT2D eigenvalue weighted by Crippen LogP contribution is 2.34. The predicted octanol–water partition coefficient (Wildman–Crippen LogP) is 1.79. The van der Waals surface area contributed by atoms with Gasteiger partial charge in [-0.25, -0.2) is 4.79 Å².